The van der Waals surface area contributed by atoms with Crippen molar-refractivity contribution < 1.29 is 9.22 Å². The fourth-order valence-electron chi connectivity index (χ4n) is 2.20. The van der Waals surface area contributed by atoms with Crippen LogP contribution in [-0.4, -0.2) is 36.4 Å². The molecule has 0 aromatic carbocycles. The first-order valence-corrected chi connectivity index (χ1v) is 5.82. The lowest BCUT2D eigenvalue weighted by Gasteiger charge is -2.45. The summed E-state index contributed by atoms with van der Waals surface area (Å²) in [7, 11) is 0. The molecular weight excluding hydrogens is 208 g/mol. The van der Waals surface area contributed by atoms with Gasteiger partial charge in [0.05, 0.1) is 18.6 Å². The molecule has 1 rings (SSSR count). The maximum absolute atomic E-state index is 8.00. The molecule has 0 saturated carbocycles. The molecule has 1 aliphatic rings. The Labute approximate surface area is 97.9 Å². The van der Waals surface area contributed by atoms with E-state index in [1.807, 2.05) is 0 Å². The van der Waals surface area contributed by atoms with Crippen molar-refractivity contribution in [3.63, 3.8) is 0 Å². The Morgan fingerprint density at radius 1 is 1.31 bits per heavy atom. The van der Waals surface area contributed by atoms with E-state index in [9.17, 15) is 0 Å². The molecule has 1 fully saturated rings. The van der Waals surface area contributed by atoms with Crippen LogP contribution in [0.15, 0.2) is 5.34 Å². The van der Waals surface area contributed by atoms with Gasteiger partial charge in [0.1, 0.15) is 0 Å². The van der Waals surface area contributed by atoms with Gasteiger partial charge in [0, 0.05) is 19.4 Å². The fraction of sp³-hybridized carbons (Fsp3) is 1.00. The predicted molar refractivity (Wildman–Crippen MR) is 64.6 cm³/mol. The molecule has 1 aliphatic heterocycles. The molecule has 96 valence electrons. The van der Waals surface area contributed by atoms with Gasteiger partial charge in [-0.3, -0.25) is 4.48 Å². The van der Waals surface area contributed by atoms with Crippen molar-refractivity contribution in [2.45, 2.75) is 46.1 Å². The summed E-state index contributed by atoms with van der Waals surface area (Å²) in [6.07, 6.45) is 2.73. The van der Waals surface area contributed by atoms with Crippen LogP contribution < -0.4 is 0 Å². The van der Waals surface area contributed by atoms with E-state index in [2.05, 4.69) is 27.7 Å². The molecule has 0 spiro atoms. The Morgan fingerprint density at radius 2 is 1.75 bits per heavy atom. The zero-order valence-corrected chi connectivity index (χ0v) is 10.9. The van der Waals surface area contributed by atoms with Gasteiger partial charge < -0.3 is 14.9 Å². The second-order valence-corrected chi connectivity index (χ2v) is 5.17. The van der Waals surface area contributed by atoms with Gasteiger partial charge in [-0.1, -0.05) is 0 Å². The zero-order valence-electron chi connectivity index (χ0n) is 10.9. The number of hydrogen-bond acceptors (Lipinski definition) is 4. The largest absolute Gasteiger partial charge is 0.444 e. The summed E-state index contributed by atoms with van der Waals surface area (Å²) in [4.78, 5) is 8.00. The molecule has 0 N–H and O–H groups in total. The molecule has 0 bridgehead atoms. The Hall–Kier alpha value is -0.680. The third-order valence-corrected chi connectivity index (χ3v) is 3.39. The van der Waals surface area contributed by atoms with Gasteiger partial charge >= 0.3 is 0 Å². The standard InChI is InChI=1S/C11H24NO.HNO2/c1-5-13-10-12(11(2,3)4)8-6-7-9-12;2-1-3/h5-10H2,1-4H3;(H,2,3)/q+1;/p-1. The van der Waals surface area contributed by atoms with Crippen LogP contribution in [0.4, 0.5) is 0 Å². The zero-order chi connectivity index (χ0) is 12.7. The van der Waals surface area contributed by atoms with Crippen molar-refractivity contribution >= 4 is 0 Å². The Balaban J connectivity index is 0.000000673. The number of ether oxygens (including phenoxy) is 1. The Kier molecular flexibility index (Phi) is 6.52. The molecule has 0 amide bonds. The average Bonchev–Trinajstić information content (AvgIpc) is 2.64. The van der Waals surface area contributed by atoms with E-state index < -0.39 is 0 Å². The summed E-state index contributed by atoms with van der Waals surface area (Å²) in [5.41, 5.74) is 0.339. The monoisotopic (exact) mass is 232 g/mol. The first-order valence-electron chi connectivity index (χ1n) is 5.82. The van der Waals surface area contributed by atoms with Crippen molar-refractivity contribution in [1.29, 1.82) is 0 Å². The van der Waals surface area contributed by atoms with Crippen LogP contribution in [0.25, 0.3) is 0 Å². The Bertz CT molecular complexity index is 196. The third kappa shape index (κ3) is 4.06. The van der Waals surface area contributed by atoms with Gasteiger partial charge in [-0.25, -0.2) is 0 Å². The van der Waals surface area contributed by atoms with Crippen LogP contribution in [0.1, 0.15) is 40.5 Å². The molecule has 0 radical (unpaired) electrons. The fourth-order valence-corrected chi connectivity index (χ4v) is 2.20. The summed E-state index contributed by atoms with van der Waals surface area (Å²) in [5.74, 6) is 0. The van der Waals surface area contributed by atoms with Crippen LogP contribution in [0.5, 0.6) is 0 Å². The number of likely N-dealkylation sites (tertiary alicyclic amines) is 1. The molecule has 1 saturated heterocycles. The lowest BCUT2D eigenvalue weighted by Crippen LogP contribution is -2.59. The summed E-state index contributed by atoms with van der Waals surface area (Å²) in [5, 5.41) is 9.00. The molecule has 0 aliphatic carbocycles. The molecule has 0 atom stereocenters. The lowest BCUT2D eigenvalue weighted by molar-refractivity contribution is -0.976. The predicted octanol–water partition coefficient (Wildman–Crippen LogP) is 2.64. The quantitative estimate of drug-likeness (QED) is 0.427. The average molecular weight is 232 g/mol. The molecule has 16 heavy (non-hydrogen) atoms. The van der Waals surface area contributed by atoms with Crippen molar-refractivity contribution in [2.24, 2.45) is 5.34 Å². The number of rotatable bonds is 3. The minimum absolute atomic E-state index is 0.339. The molecule has 1 heterocycles. The SMILES string of the molecule is CCOC[N+]1(C(C)(C)C)CCCC1.O=N[O-]. The summed E-state index contributed by atoms with van der Waals surface area (Å²) in [6, 6.07) is 0. The van der Waals surface area contributed by atoms with Gasteiger partial charge in [0.2, 0.25) is 0 Å². The van der Waals surface area contributed by atoms with E-state index >= 15 is 0 Å². The number of nitrogens with zero attached hydrogens (tertiary/aromatic N) is 2. The first kappa shape index (κ1) is 15.3. The maximum atomic E-state index is 8.00. The van der Waals surface area contributed by atoms with E-state index in [1.165, 1.54) is 25.9 Å². The van der Waals surface area contributed by atoms with E-state index in [0.29, 0.717) is 5.54 Å². The van der Waals surface area contributed by atoms with Gasteiger partial charge in [-0.15, -0.1) is 5.34 Å². The molecule has 5 heteroatoms. The molecule has 0 aromatic rings. The van der Waals surface area contributed by atoms with Gasteiger partial charge in [0.25, 0.3) is 0 Å². The van der Waals surface area contributed by atoms with Crippen LogP contribution in [0.2, 0.25) is 0 Å². The normalized spacial score (nSPS) is 18.8. The van der Waals surface area contributed by atoms with Gasteiger partial charge in [0.15, 0.2) is 6.73 Å². The second kappa shape index (κ2) is 6.81. The van der Waals surface area contributed by atoms with E-state index in [1.54, 1.807) is 0 Å². The van der Waals surface area contributed by atoms with Crippen molar-refractivity contribution in [3.8, 4) is 0 Å². The molecule has 0 aromatic heterocycles. The topological polar surface area (TPSA) is 61.7 Å². The highest BCUT2D eigenvalue weighted by atomic mass is 16.6. The van der Waals surface area contributed by atoms with Crippen LogP contribution >= 0.6 is 0 Å². The smallest absolute Gasteiger partial charge is 0.183 e. The molecule has 0 unspecified atom stereocenters. The third-order valence-electron chi connectivity index (χ3n) is 3.39. The van der Waals surface area contributed by atoms with Crippen LogP contribution in [0.3, 0.4) is 0 Å². The first-order chi connectivity index (χ1) is 7.43. The minimum atomic E-state index is 0.339. The highest BCUT2D eigenvalue weighted by Gasteiger charge is 2.42. The second-order valence-electron chi connectivity index (χ2n) is 5.17. The van der Waals surface area contributed by atoms with Crippen LogP contribution in [-0.2, 0) is 4.74 Å². The van der Waals surface area contributed by atoms with Crippen molar-refractivity contribution in [3.05, 3.63) is 10.1 Å². The minimum Gasteiger partial charge on any atom is -0.444 e. The van der Waals surface area contributed by atoms with E-state index in [4.69, 9.17) is 14.9 Å². The summed E-state index contributed by atoms with van der Waals surface area (Å²) in [6.45, 7) is 13.4. The van der Waals surface area contributed by atoms with E-state index in [-0.39, 0.29) is 0 Å². The number of quaternary nitrogens is 1. The van der Waals surface area contributed by atoms with Crippen molar-refractivity contribution in [2.75, 3.05) is 26.4 Å². The summed E-state index contributed by atoms with van der Waals surface area (Å²) < 4.78 is 6.77. The Morgan fingerprint density at radius 3 is 2.06 bits per heavy atom. The van der Waals surface area contributed by atoms with Crippen molar-refractivity contribution in [1.82, 2.24) is 0 Å². The molecular formula is C11H24N2O3. The molecule has 5 nitrogen and oxygen atoms in total. The maximum Gasteiger partial charge on any atom is 0.183 e. The van der Waals surface area contributed by atoms with Gasteiger partial charge in [-0.2, -0.15) is 0 Å². The highest BCUT2D eigenvalue weighted by molar-refractivity contribution is 4.67. The van der Waals surface area contributed by atoms with E-state index in [0.717, 1.165) is 23.2 Å². The summed E-state index contributed by atoms with van der Waals surface area (Å²) >= 11 is 0. The lowest BCUT2D eigenvalue weighted by atomic mass is 10.0. The van der Waals surface area contributed by atoms with Gasteiger partial charge in [-0.05, 0) is 27.7 Å². The number of hydrogen-bond donors (Lipinski definition) is 0. The van der Waals surface area contributed by atoms with Crippen LogP contribution in [0, 0.1) is 10.1 Å². The highest BCUT2D eigenvalue weighted by Crippen LogP contribution is 2.30.